The van der Waals surface area contributed by atoms with Crippen LogP contribution >= 0.6 is 0 Å². The first-order valence-corrected chi connectivity index (χ1v) is 4.82. The zero-order chi connectivity index (χ0) is 10.3. The fraction of sp³-hybridized carbons (Fsp3) is 0. The zero-order valence-electron chi connectivity index (χ0n) is 8.14. The standard InChI is InChI=1S/C13H9N2/c1-9-10-6-4-8-14-13(10)11-5-2-3-7-12(11)15-9/h2-8H,1H2. The number of rotatable bonds is 0. The number of benzene rings is 1. The molecule has 0 saturated heterocycles. The van der Waals surface area contributed by atoms with Gasteiger partial charge in [0.25, 0.3) is 0 Å². The smallest absolute Gasteiger partial charge is 0.0814 e. The van der Waals surface area contributed by atoms with E-state index in [1.165, 1.54) is 0 Å². The molecule has 0 unspecified atom stereocenters. The Labute approximate surface area is 87.6 Å². The third-order valence-corrected chi connectivity index (χ3v) is 2.53. The maximum atomic E-state index is 4.45. The molecule has 2 heteroatoms. The average Bonchev–Trinajstić information content (AvgIpc) is 2.30. The van der Waals surface area contributed by atoms with Crippen molar-refractivity contribution in [3.8, 4) is 0 Å². The Morgan fingerprint density at radius 1 is 0.933 bits per heavy atom. The third kappa shape index (κ3) is 1.18. The van der Waals surface area contributed by atoms with Crippen LogP contribution in [0.2, 0.25) is 0 Å². The summed E-state index contributed by atoms with van der Waals surface area (Å²) in [5.74, 6) is 0. The van der Waals surface area contributed by atoms with Crippen molar-refractivity contribution < 1.29 is 0 Å². The summed E-state index contributed by atoms with van der Waals surface area (Å²) >= 11 is 0. The second kappa shape index (κ2) is 3.02. The molecule has 0 amide bonds. The van der Waals surface area contributed by atoms with Gasteiger partial charge >= 0.3 is 0 Å². The van der Waals surface area contributed by atoms with Crippen LogP contribution in [0.1, 0.15) is 5.69 Å². The molecule has 1 radical (unpaired) electrons. The molecule has 0 atom stereocenters. The van der Waals surface area contributed by atoms with Gasteiger partial charge in [0.1, 0.15) is 0 Å². The number of fused-ring (bicyclic) bond motifs is 3. The molecule has 0 saturated carbocycles. The molecule has 3 aromatic rings. The lowest BCUT2D eigenvalue weighted by Crippen LogP contribution is -1.89. The van der Waals surface area contributed by atoms with Gasteiger partial charge in [0.05, 0.1) is 16.7 Å². The lowest BCUT2D eigenvalue weighted by Gasteiger charge is -2.04. The molecule has 3 rings (SSSR count). The summed E-state index contributed by atoms with van der Waals surface area (Å²) in [6.45, 7) is 3.95. The quantitative estimate of drug-likeness (QED) is 0.513. The van der Waals surface area contributed by atoms with Gasteiger partial charge in [0.2, 0.25) is 0 Å². The Hall–Kier alpha value is -1.96. The number of hydrogen-bond acceptors (Lipinski definition) is 2. The van der Waals surface area contributed by atoms with Crippen LogP contribution in [-0.4, -0.2) is 9.97 Å². The van der Waals surface area contributed by atoms with Crippen molar-refractivity contribution in [3.05, 3.63) is 55.2 Å². The summed E-state index contributed by atoms with van der Waals surface area (Å²) in [7, 11) is 0. The molecule has 71 valence electrons. The van der Waals surface area contributed by atoms with Crippen molar-refractivity contribution in [3.63, 3.8) is 0 Å². The predicted octanol–water partition coefficient (Wildman–Crippen LogP) is 2.97. The van der Waals surface area contributed by atoms with E-state index >= 15 is 0 Å². The van der Waals surface area contributed by atoms with Crippen LogP contribution in [0.3, 0.4) is 0 Å². The van der Waals surface area contributed by atoms with Crippen molar-refractivity contribution >= 4 is 21.8 Å². The zero-order valence-corrected chi connectivity index (χ0v) is 8.14. The van der Waals surface area contributed by atoms with Gasteiger partial charge in [-0.1, -0.05) is 18.2 Å². The monoisotopic (exact) mass is 193 g/mol. The van der Waals surface area contributed by atoms with Crippen LogP contribution in [-0.2, 0) is 0 Å². The Morgan fingerprint density at radius 2 is 1.73 bits per heavy atom. The SMILES string of the molecule is [CH2]c1nc2ccccc2c2ncccc12. The summed E-state index contributed by atoms with van der Waals surface area (Å²) in [5, 5.41) is 2.11. The van der Waals surface area contributed by atoms with Crippen molar-refractivity contribution in [1.82, 2.24) is 9.97 Å². The van der Waals surface area contributed by atoms with Gasteiger partial charge in [-0.2, -0.15) is 0 Å². The van der Waals surface area contributed by atoms with Crippen LogP contribution in [0.5, 0.6) is 0 Å². The first kappa shape index (κ1) is 8.36. The van der Waals surface area contributed by atoms with E-state index in [1.807, 2.05) is 36.4 Å². The van der Waals surface area contributed by atoms with Gasteiger partial charge in [-0.15, -0.1) is 0 Å². The second-order valence-electron chi connectivity index (χ2n) is 3.48. The molecular weight excluding hydrogens is 184 g/mol. The van der Waals surface area contributed by atoms with Gasteiger partial charge < -0.3 is 0 Å². The van der Waals surface area contributed by atoms with Crippen molar-refractivity contribution in [2.45, 2.75) is 0 Å². The van der Waals surface area contributed by atoms with Crippen molar-refractivity contribution in [2.24, 2.45) is 0 Å². The number of nitrogens with zero attached hydrogens (tertiary/aromatic N) is 2. The molecule has 0 aliphatic rings. The highest BCUT2D eigenvalue weighted by molar-refractivity contribution is 6.04. The molecule has 0 bridgehead atoms. The van der Waals surface area contributed by atoms with E-state index < -0.39 is 0 Å². The predicted molar refractivity (Wildman–Crippen MR) is 61.5 cm³/mol. The number of para-hydroxylation sites is 1. The number of hydrogen-bond donors (Lipinski definition) is 0. The maximum Gasteiger partial charge on any atom is 0.0814 e. The second-order valence-corrected chi connectivity index (χ2v) is 3.48. The molecule has 2 heterocycles. The van der Waals surface area contributed by atoms with Crippen molar-refractivity contribution in [1.29, 1.82) is 0 Å². The van der Waals surface area contributed by atoms with E-state index in [0.717, 1.165) is 27.5 Å². The molecule has 0 aliphatic carbocycles. The van der Waals surface area contributed by atoms with Crippen LogP contribution in [0, 0.1) is 6.92 Å². The van der Waals surface area contributed by atoms with Crippen LogP contribution in [0.15, 0.2) is 42.6 Å². The first-order chi connectivity index (χ1) is 7.36. The highest BCUT2D eigenvalue weighted by Gasteiger charge is 2.04. The van der Waals surface area contributed by atoms with E-state index in [1.54, 1.807) is 6.20 Å². The molecule has 1 aromatic carbocycles. The van der Waals surface area contributed by atoms with Gasteiger partial charge in [-0.3, -0.25) is 9.97 Å². The van der Waals surface area contributed by atoms with Crippen LogP contribution in [0.25, 0.3) is 21.8 Å². The molecule has 0 spiro atoms. The molecule has 0 aliphatic heterocycles. The summed E-state index contributed by atoms with van der Waals surface area (Å²) in [6, 6.07) is 11.9. The molecule has 15 heavy (non-hydrogen) atoms. The normalized spacial score (nSPS) is 11.0. The molecule has 0 fully saturated rings. The summed E-state index contributed by atoms with van der Waals surface area (Å²) in [5.41, 5.74) is 2.72. The van der Waals surface area contributed by atoms with E-state index in [9.17, 15) is 0 Å². The minimum atomic E-state index is 0.789. The van der Waals surface area contributed by atoms with E-state index in [-0.39, 0.29) is 0 Å². The van der Waals surface area contributed by atoms with Crippen LogP contribution in [0.4, 0.5) is 0 Å². The van der Waals surface area contributed by atoms with Gasteiger partial charge in [0.15, 0.2) is 0 Å². The fourth-order valence-corrected chi connectivity index (χ4v) is 1.83. The molecular formula is C13H9N2. The van der Waals surface area contributed by atoms with Gasteiger partial charge in [-0.05, 0) is 25.1 Å². The Balaban J connectivity index is 2.64. The van der Waals surface area contributed by atoms with Crippen molar-refractivity contribution in [2.75, 3.05) is 0 Å². The number of aromatic nitrogens is 2. The lowest BCUT2D eigenvalue weighted by molar-refractivity contribution is 1.34. The Morgan fingerprint density at radius 3 is 2.67 bits per heavy atom. The fourth-order valence-electron chi connectivity index (χ4n) is 1.83. The van der Waals surface area contributed by atoms with Gasteiger partial charge in [-0.25, -0.2) is 0 Å². The topological polar surface area (TPSA) is 25.8 Å². The summed E-state index contributed by atoms with van der Waals surface area (Å²) in [4.78, 5) is 8.84. The van der Waals surface area contributed by atoms with Gasteiger partial charge in [0, 0.05) is 17.0 Å². The average molecular weight is 193 g/mol. The highest BCUT2D eigenvalue weighted by Crippen LogP contribution is 2.23. The Kier molecular flexibility index (Phi) is 1.68. The lowest BCUT2D eigenvalue weighted by atomic mass is 10.1. The van der Waals surface area contributed by atoms with E-state index in [0.29, 0.717) is 0 Å². The van der Waals surface area contributed by atoms with Crippen LogP contribution < -0.4 is 0 Å². The first-order valence-electron chi connectivity index (χ1n) is 4.82. The minimum Gasteiger partial charge on any atom is -0.255 e. The molecule has 2 nitrogen and oxygen atoms in total. The highest BCUT2D eigenvalue weighted by atomic mass is 14.7. The third-order valence-electron chi connectivity index (χ3n) is 2.53. The largest absolute Gasteiger partial charge is 0.255 e. The minimum absolute atomic E-state index is 0.789. The number of pyridine rings is 2. The summed E-state index contributed by atoms with van der Waals surface area (Å²) in [6.07, 6.45) is 1.80. The molecule has 0 N–H and O–H groups in total. The molecule has 2 aromatic heterocycles. The van der Waals surface area contributed by atoms with E-state index in [4.69, 9.17) is 0 Å². The summed E-state index contributed by atoms with van der Waals surface area (Å²) < 4.78 is 0. The Bertz CT molecular complexity index is 644. The van der Waals surface area contributed by atoms with E-state index in [2.05, 4.69) is 16.9 Å². The maximum absolute atomic E-state index is 4.45.